The first kappa shape index (κ1) is 27.1. The van der Waals surface area contributed by atoms with Crippen LogP contribution in [0.1, 0.15) is 44.1 Å². The summed E-state index contributed by atoms with van der Waals surface area (Å²) in [7, 11) is 3.55. The molecule has 2 aliphatic rings. The van der Waals surface area contributed by atoms with Crippen molar-refractivity contribution in [2.45, 2.75) is 50.6 Å². The van der Waals surface area contributed by atoms with E-state index in [4.69, 9.17) is 14.2 Å². The lowest BCUT2D eigenvalue weighted by molar-refractivity contribution is -0.0352. The molecule has 1 aliphatic carbocycles. The number of aliphatic imine (C=N–C) groups is 1. The van der Waals surface area contributed by atoms with Crippen LogP contribution in [0.2, 0.25) is 0 Å². The van der Waals surface area contributed by atoms with Crippen LogP contribution in [0, 0.1) is 0 Å². The summed E-state index contributed by atoms with van der Waals surface area (Å²) < 4.78 is 16.5. The Bertz CT molecular complexity index is 677. The monoisotopic (exact) mass is 560 g/mol. The number of hydrogen-bond donors (Lipinski definition) is 2. The van der Waals surface area contributed by atoms with E-state index in [9.17, 15) is 0 Å². The highest BCUT2D eigenvalue weighted by atomic mass is 127. The lowest BCUT2D eigenvalue weighted by Crippen LogP contribution is -2.60. The molecular weight excluding hydrogens is 519 g/mol. The smallest absolute Gasteiger partial charge is 0.191 e. The van der Waals surface area contributed by atoms with E-state index in [-0.39, 0.29) is 29.5 Å². The fourth-order valence-corrected chi connectivity index (χ4v) is 4.65. The first-order valence-corrected chi connectivity index (χ1v) is 11.7. The number of methoxy groups -OCH3 is 1. The van der Waals surface area contributed by atoms with Gasteiger partial charge in [-0.3, -0.25) is 9.89 Å². The van der Waals surface area contributed by atoms with Gasteiger partial charge in [-0.15, -0.1) is 24.0 Å². The second kappa shape index (κ2) is 14.9. The number of benzene rings is 1. The van der Waals surface area contributed by atoms with Gasteiger partial charge in [0, 0.05) is 58.9 Å². The molecule has 2 fully saturated rings. The number of nitrogens with zero attached hydrogens (tertiary/aromatic N) is 2. The number of guanidine groups is 1. The van der Waals surface area contributed by atoms with Gasteiger partial charge in [0.2, 0.25) is 0 Å². The zero-order valence-electron chi connectivity index (χ0n) is 19.7. The Morgan fingerprint density at radius 3 is 2.62 bits per heavy atom. The first-order chi connectivity index (χ1) is 15.3. The zero-order valence-corrected chi connectivity index (χ0v) is 22.1. The van der Waals surface area contributed by atoms with Crippen LogP contribution in [-0.2, 0) is 16.0 Å². The summed E-state index contributed by atoms with van der Waals surface area (Å²) >= 11 is 0. The molecule has 1 saturated carbocycles. The van der Waals surface area contributed by atoms with Crippen LogP contribution < -0.4 is 15.4 Å². The SMILES string of the molecule is CN=C(NCc1cccc(OCCCOC)c1)NCC1(N2CCOCC2)CCCCC1.I. The summed E-state index contributed by atoms with van der Waals surface area (Å²) in [5.41, 5.74) is 1.39. The molecule has 0 unspecified atom stereocenters. The highest BCUT2D eigenvalue weighted by Crippen LogP contribution is 2.33. The summed E-state index contributed by atoms with van der Waals surface area (Å²) in [6, 6.07) is 8.23. The maximum Gasteiger partial charge on any atom is 0.191 e. The zero-order chi connectivity index (χ0) is 21.8. The van der Waals surface area contributed by atoms with E-state index in [0.717, 1.165) is 57.6 Å². The van der Waals surface area contributed by atoms with Crippen molar-refractivity contribution in [1.29, 1.82) is 0 Å². The Morgan fingerprint density at radius 1 is 1.12 bits per heavy atom. The third-order valence-corrected chi connectivity index (χ3v) is 6.39. The normalized spacial score (nSPS) is 19.1. The van der Waals surface area contributed by atoms with Gasteiger partial charge in [-0.2, -0.15) is 0 Å². The number of hydrogen-bond acceptors (Lipinski definition) is 5. The highest BCUT2D eigenvalue weighted by molar-refractivity contribution is 14.0. The Morgan fingerprint density at radius 2 is 1.91 bits per heavy atom. The van der Waals surface area contributed by atoms with Crippen LogP contribution in [0.25, 0.3) is 0 Å². The molecule has 1 heterocycles. The minimum absolute atomic E-state index is 0. The van der Waals surface area contributed by atoms with Crippen molar-refractivity contribution in [1.82, 2.24) is 15.5 Å². The standard InChI is InChI=1S/C24H40N4O3.HI/c1-25-23(26-19-21-8-6-9-22(18-21)31-15-7-14-29-2)27-20-24(10-4-3-5-11-24)28-12-16-30-17-13-28;/h6,8-9,18H,3-5,7,10-17,19-20H2,1-2H3,(H2,25,26,27);1H. The molecule has 0 atom stereocenters. The minimum Gasteiger partial charge on any atom is -0.493 e. The van der Waals surface area contributed by atoms with Crippen LogP contribution >= 0.6 is 24.0 Å². The third-order valence-electron chi connectivity index (χ3n) is 6.39. The third kappa shape index (κ3) is 8.35. The summed E-state index contributed by atoms with van der Waals surface area (Å²) in [4.78, 5) is 7.12. The van der Waals surface area contributed by atoms with Crippen molar-refractivity contribution >= 4 is 29.9 Å². The van der Waals surface area contributed by atoms with Crippen molar-refractivity contribution < 1.29 is 14.2 Å². The molecule has 0 spiro atoms. The average Bonchev–Trinajstić information content (AvgIpc) is 2.83. The summed E-state index contributed by atoms with van der Waals surface area (Å²) in [5, 5.41) is 7.09. The predicted molar refractivity (Wildman–Crippen MR) is 140 cm³/mol. The van der Waals surface area contributed by atoms with Gasteiger partial charge >= 0.3 is 0 Å². The highest BCUT2D eigenvalue weighted by Gasteiger charge is 2.38. The quantitative estimate of drug-likeness (QED) is 0.198. The molecule has 2 N–H and O–H groups in total. The molecule has 1 saturated heterocycles. The number of nitrogens with one attached hydrogen (secondary N) is 2. The number of ether oxygens (including phenoxy) is 3. The van der Waals surface area contributed by atoms with Gasteiger partial charge in [-0.1, -0.05) is 31.4 Å². The molecule has 32 heavy (non-hydrogen) atoms. The summed E-state index contributed by atoms with van der Waals surface area (Å²) in [6.07, 6.45) is 7.35. The van der Waals surface area contributed by atoms with Gasteiger partial charge in [0.25, 0.3) is 0 Å². The van der Waals surface area contributed by atoms with Crippen LogP contribution in [0.3, 0.4) is 0 Å². The van der Waals surface area contributed by atoms with E-state index < -0.39 is 0 Å². The lowest BCUT2D eigenvalue weighted by atomic mass is 9.80. The Balaban J connectivity index is 0.00000363. The summed E-state index contributed by atoms with van der Waals surface area (Å²) in [6.45, 7) is 6.77. The van der Waals surface area contributed by atoms with Crippen LogP contribution in [0.15, 0.2) is 29.3 Å². The predicted octanol–water partition coefficient (Wildman–Crippen LogP) is 3.42. The first-order valence-electron chi connectivity index (χ1n) is 11.7. The molecule has 1 aromatic carbocycles. The molecule has 3 rings (SSSR count). The van der Waals surface area contributed by atoms with E-state index in [0.29, 0.717) is 13.2 Å². The fourth-order valence-electron chi connectivity index (χ4n) is 4.65. The molecule has 8 heteroatoms. The van der Waals surface area contributed by atoms with Gasteiger partial charge in [0.15, 0.2) is 5.96 Å². The van der Waals surface area contributed by atoms with Crippen LogP contribution in [0.5, 0.6) is 5.75 Å². The van der Waals surface area contributed by atoms with E-state index in [1.807, 2.05) is 19.2 Å². The van der Waals surface area contributed by atoms with Crippen LogP contribution in [0.4, 0.5) is 0 Å². The number of halogens is 1. The van der Waals surface area contributed by atoms with Crippen molar-refractivity contribution in [3.8, 4) is 5.75 Å². The molecule has 0 bridgehead atoms. The summed E-state index contributed by atoms with van der Waals surface area (Å²) in [5.74, 6) is 1.75. The van der Waals surface area contributed by atoms with Gasteiger partial charge in [-0.05, 0) is 30.5 Å². The van der Waals surface area contributed by atoms with E-state index in [2.05, 4.69) is 32.7 Å². The molecule has 0 radical (unpaired) electrons. The average molecular weight is 561 g/mol. The Kier molecular flexibility index (Phi) is 12.7. The van der Waals surface area contributed by atoms with Gasteiger partial charge in [-0.25, -0.2) is 0 Å². The second-order valence-corrected chi connectivity index (χ2v) is 8.51. The molecule has 1 aliphatic heterocycles. The topological polar surface area (TPSA) is 67.4 Å². The maximum absolute atomic E-state index is 5.82. The maximum atomic E-state index is 5.82. The van der Waals surface area contributed by atoms with Crippen molar-refractivity contribution in [2.24, 2.45) is 4.99 Å². The molecular formula is C24H41IN4O3. The fraction of sp³-hybridized carbons (Fsp3) is 0.708. The minimum atomic E-state index is 0. The number of morpholine rings is 1. The van der Waals surface area contributed by atoms with Crippen molar-refractivity contribution in [3.05, 3.63) is 29.8 Å². The molecule has 0 amide bonds. The number of rotatable bonds is 10. The van der Waals surface area contributed by atoms with Crippen molar-refractivity contribution in [2.75, 3.05) is 60.2 Å². The molecule has 0 aromatic heterocycles. The van der Waals surface area contributed by atoms with E-state index in [1.54, 1.807) is 7.11 Å². The van der Waals surface area contributed by atoms with Crippen molar-refractivity contribution in [3.63, 3.8) is 0 Å². The van der Waals surface area contributed by atoms with Gasteiger partial charge in [0.1, 0.15) is 5.75 Å². The van der Waals surface area contributed by atoms with Gasteiger partial charge < -0.3 is 24.8 Å². The molecule has 182 valence electrons. The van der Waals surface area contributed by atoms with Crippen LogP contribution in [-0.4, -0.2) is 76.6 Å². The Labute approximate surface area is 210 Å². The lowest BCUT2D eigenvalue weighted by Gasteiger charge is -2.48. The Hall–Kier alpha value is -1.10. The van der Waals surface area contributed by atoms with E-state index in [1.165, 1.54) is 37.7 Å². The molecule has 7 nitrogen and oxygen atoms in total. The largest absolute Gasteiger partial charge is 0.493 e. The van der Waals surface area contributed by atoms with Gasteiger partial charge in [0.05, 0.1) is 19.8 Å². The van der Waals surface area contributed by atoms with E-state index >= 15 is 0 Å². The second-order valence-electron chi connectivity index (χ2n) is 8.51. The molecule has 1 aromatic rings.